The van der Waals surface area contributed by atoms with Crippen molar-refractivity contribution in [3.8, 4) is 5.75 Å². The normalized spacial score (nSPS) is 18.9. The van der Waals surface area contributed by atoms with Crippen LogP contribution < -0.4 is 10.1 Å². The second-order valence-corrected chi connectivity index (χ2v) is 7.59. The number of hydrogen-bond donors (Lipinski definition) is 1. The lowest BCUT2D eigenvalue weighted by atomic mass is 9.92. The number of aromatic nitrogens is 1. The molecule has 2 heterocycles. The lowest BCUT2D eigenvalue weighted by molar-refractivity contribution is -0.130. The molecule has 7 nitrogen and oxygen atoms in total. The van der Waals surface area contributed by atoms with Crippen LogP contribution in [-0.2, 0) is 17.8 Å². The number of aryl methyl sites for hydroxylation is 1. The van der Waals surface area contributed by atoms with Gasteiger partial charge in [0.25, 0.3) is 5.91 Å². The van der Waals surface area contributed by atoms with Crippen LogP contribution in [0, 0.1) is 13.8 Å². The number of imide groups is 1. The third-order valence-corrected chi connectivity index (χ3v) is 5.57. The number of para-hydroxylation sites is 1. The Balaban J connectivity index is 1.81. The Morgan fingerprint density at radius 2 is 1.90 bits per heavy atom. The van der Waals surface area contributed by atoms with Gasteiger partial charge in [-0.1, -0.05) is 18.2 Å². The van der Waals surface area contributed by atoms with Gasteiger partial charge in [-0.25, -0.2) is 4.79 Å². The summed E-state index contributed by atoms with van der Waals surface area (Å²) in [5.41, 5.74) is 2.05. The van der Waals surface area contributed by atoms with E-state index in [4.69, 9.17) is 4.74 Å². The van der Waals surface area contributed by atoms with Crippen LogP contribution in [0.1, 0.15) is 41.2 Å². The van der Waals surface area contributed by atoms with Crippen molar-refractivity contribution >= 4 is 17.7 Å². The van der Waals surface area contributed by atoms with E-state index in [-0.39, 0.29) is 18.7 Å². The average molecular weight is 397 g/mol. The summed E-state index contributed by atoms with van der Waals surface area (Å²) in [5, 5.41) is 2.75. The minimum absolute atomic E-state index is 0.247. The Bertz CT molecular complexity index is 978. The number of ketones is 1. The van der Waals surface area contributed by atoms with Crippen molar-refractivity contribution in [1.29, 1.82) is 0 Å². The lowest BCUT2D eigenvalue weighted by Crippen LogP contribution is -2.46. The Morgan fingerprint density at radius 1 is 1.21 bits per heavy atom. The van der Waals surface area contributed by atoms with Crippen LogP contribution in [0.4, 0.5) is 4.79 Å². The molecule has 0 bridgehead atoms. The molecule has 1 saturated heterocycles. The molecule has 1 fully saturated rings. The summed E-state index contributed by atoms with van der Waals surface area (Å²) < 4.78 is 7.39. The number of benzene rings is 1. The molecule has 0 unspecified atom stereocenters. The van der Waals surface area contributed by atoms with Gasteiger partial charge in [-0.05, 0) is 45.4 Å². The van der Waals surface area contributed by atoms with Crippen LogP contribution in [0.2, 0.25) is 0 Å². The van der Waals surface area contributed by atoms with Crippen molar-refractivity contribution in [2.24, 2.45) is 0 Å². The number of amides is 3. The monoisotopic (exact) mass is 397 g/mol. The van der Waals surface area contributed by atoms with Gasteiger partial charge in [0.15, 0.2) is 5.78 Å². The molecule has 0 aliphatic carbocycles. The molecule has 154 valence electrons. The number of rotatable bonds is 7. The Labute approximate surface area is 170 Å². The van der Waals surface area contributed by atoms with E-state index in [9.17, 15) is 14.4 Å². The highest BCUT2D eigenvalue weighted by molar-refractivity contribution is 6.11. The fourth-order valence-electron chi connectivity index (χ4n) is 4.04. The number of hydrogen-bond acceptors (Lipinski definition) is 4. The topological polar surface area (TPSA) is 80.6 Å². The predicted molar refractivity (Wildman–Crippen MR) is 109 cm³/mol. The first kappa shape index (κ1) is 20.6. The second kappa shape index (κ2) is 7.73. The van der Waals surface area contributed by atoms with Gasteiger partial charge < -0.3 is 14.6 Å². The van der Waals surface area contributed by atoms with Crippen LogP contribution in [0.3, 0.4) is 0 Å². The Kier molecular flexibility index (Phi) is 5.50. The zero-order valence-corrected chi connectivity index (χ0v) is 17.5. The number of methoxy groups -OCH3 is 1. The van der Waals surface area contributed by atoms with Crippen LogP contribution in [0.25, 0.3) is 0 Å². The molecule has 7 heteroatoms. The van der Waals surface area contributed by atoms with Crippen LogP contribution in [0.15, 0.2) is 30.3 Å². The third-order valence-electron chi connectivity index (χ3n) is 5.57. The molecule has 0 radical (unpaired) electrons. The SMILES string of the molecule is CCn1c(C)cc(C(=O)CN2C(=O)N[C@](C)(Cc3ccccc3OC)C2=O)c1C. The van der Waals surface area contributed by atoms with Gasteiger partial charge in [0.1, 0.15) is 11.3 Å². The molecule has 3 amide bonds. The summed E-state index contributed by atoms with van der Waals surface area (Å²) in [6.07, 6.45) is 0.274. The molecule has 1 aliphatic rings. The molecular formula is C22H27N3O4. The van der Waals surface area contributed by atoms with E-state index < -0.39 is 17.5 Å². The van der Waals surface area contributed by atoms with Gasteiger partial charge in [0, 0.05) is 29.9 Å². The van der Waals surface area contributed by atoms with Gasteiger partial charge in [0.2, 0.25) is 0 Å². The van der Waals surface area contributed by atoms with Crippen molar-refractivity contribution in [3.63, 3.8) is 0 Å². The van der Waals surface area contributed by atoms with Gasteiger partial charge in [0.05, 0.1) is 13.7 Å². The number of ether oxygens (including phenoxy) is 1. The lowest BCUT2D eigenvalue weighted by Gasteiger charge is -2.22. The zero-order valence-electron chi connectivity index (χ0n) is 17.5. The first-order valence-corrected chi connectivity index (χ1v) is 9.67. The van der Waals surface area contributed by atoms with Crippen molar-refractivity contribution < 1.29 is 19.1 Å². The Morgan fingerprint density at radius 3 is 2.52 bits per heavy atom. The summed E-state index contributed by atoms with van der Waals surface area (Å²) in [5.74, 6) is -0.00815. The summed E-state index contributed by atoms with van der Waals surface area (Å²) in [4.78, 5) is 39.5. The van der Waals surface area contributed by atoms with Gasteiger partial charge in [-0.2, -0.15) is 0 Å². The summed E-state index contributed by atoms with van der Waals surface area (Å²) >= 11 is 0. The van der Waals surface area contributed by atoms with E-state index in [1.807, 2.05) is 55.7 Å². The first-order valence-electron chi connectivity index (χ1n) is 9.67. The largest absolute Gasteiger partial charge is 0.496 e. The molecule has 1 aliphatic heterocycles. The van der Waals surface area contributed by atoms with E-state index in [0.717, 1.165) is 28.4 Å². The fraction of sp³-hybridized carbons (Fsp3) is 0.409. The predicted octanol–water partition coefficient (Wildman–Crippen LogP) is 2.87. The molecular weight excluding hydrogens is 370 g/mol. The first-order chi connectivity index (χ1) is 13.7. The standard InChI is InChI=1S/C22H27N3O4/c1-6-24-14(2)11-17(15(24)3)18(26)13-25-20(27)22(4,23-21(25)28)12-16-9-7-8-10-19(16)29-5/h7-11H,6,12-13H2,1-5H3,(H,23,28)/t22-/m1/s1. The minimum Gasteiger partial charge on any atom is -0.496 e. The maximum absolute atomic E-state index is 13.1. The highest BCUT2D eigenvalue weighted by atomic mass is 16.5. The zero-order chi connectivity index (χ0) is 21.3. The molecule has 1 N–H and O–H groups in total. The van der Waals surface area contributed by atoms with Crippen molar-refractivity contribution in [3.05, 3.63) is 52.8 Å². The number of carbonyl (C=O) groups is 3. The number of carbonyl (C=O) groups excluding carboxylic acids is 3. The Hall–Kier alpha value is -3.09. The number of Topliss-reactive ketones (excluding diaryl/α,β-unsaturated/α-hetero) is 1. The molecule has 0 saturated carbocycles. The van der Waals surface area contributed by atoms with Crippen LogP contribution in [0.5, 0.6) is 5.75 Å². The second-order valence-electron chi connectivity index (χ2n) is 7.59. The number of nitrogens with zero attached hydrogens (tertiary/aromatic N) is 2. The molecule has 29 heavy (non-hydrogen) atoms. The average Bonchev–Trinajstić information content (AvgIpc) is 3.09. The minimum atomic E-state index is -1.13. The highest BCUT2D eigenvalue weighted by Gasteiger charge is 2.48. The van der Waals surface area contributed by atoms with E-state index in [1.165, 1.54) is 0 Å². The fourth-order valence-corrected chi connectivity index (χ4v) is 4.04. The van der Waals surface area contributed by atoms with Gasteiger partial charge in [-0.15, -0.1) is 0 Å². The number of urea groups is 1. The maximum Gasteiger partial charge on any atom is 0.325 e. The van der Waals surface area contributed by atoms with Crippen LogP contribution in [-0.4, -0.2) is 46.4 Å². The summed E-state index contributed by atoms with van der Waals surface area (Å²) in [6, 6.07) is 8.63. The van der Waals surface area contributed by atoms with Crippen molar-refractivity contribution in [1.82, 2.24) is 14.8 Å². The van der Waals surface area contributed by atoms with Crippen molar-refractivity contribution in [2.45, 2.75) is 46.2 Å². The number of nitrogens with one attached hydrogen (secondary N) is 1. The summed E-state index contributed by atoms with van der Waals surface area (Å²) in [6.45, 7) is 7.97. The van der Waals surface area contributed by atoms with Crippen LogP contribution >= 0.6 is 0 Å². The van der Waals surface area contributed by atoms with E-state index in [0.29, 0.717) is 11.3 Å². The van der Waals surface area contributed by atoms with E-state index in [2.05, 4.69) is 5.32 Å². The van der Waals surface area contributed by atoms with E-state index in [1.54, 1.807) is 14.0 Å². The quantitative estimate of drug-likeness (QED) is 0.575. The van der Waals surface area contributed by atoms with Gasteiger partial charge >= 0.3 is 6.03 Å². The van der Waals surface area contributed by atoms with Gasteiger partial charge in [-0.3, -0.25) is 14.5 Å². The summed E-state index contributed by atoms with van der Waals surface area (Å²) in [7, 11) is 1.56. The smallest absolute Gasteiger partial charge is 0.325 e. The van der Waals surface area contributed by atoms with E-state index >= 15 is 0 Å². The highest BCUT2D eigenvalue weighted by Crippen LogP contribution is 2.28. The maximum atomic E-state index is 13.1. The third kappa shape index (κ3) is 3.64. The molecule has 3 rings (SSSR count). The molecule has 0 spiro atoms. The van der Waals surface area contributed by atoms with Crippen molar-refractivity contribution in [2.75, 3.05) is 13.7 Å². The molecule has 1 aromatic heterocycles. The molecule has 2 aromatic rings. The molecule has 1 atom stereocenters. The molecule has 1 aromatic carbocycles.